The molecule has 1 aromatic heterocycles. The number of rotatable bonds is 4. The maximum atomic E-state index is 13.8. The van der Waals surface area contributed by atoms with Crippen molar-refractivity contribution < 1.29 is 31.4 Å². The van der Waals surface area contributed by atoms with Crippen molar-refractivity contribution in [3.8, 4) is 11.5 Å². The molecule has 0 radical (unpaired) electrons. The van der Waals surface area contributed by atoms with Crippen LogP contribution in [0.15, 0.2) is 30.5 Å². The zero-order chi connectivity index (χ0) is 21.4. The topological polar surface area (TPSA) is 60.3 Å². The second-order valence-corrected chi connectivity index (χ2v) is 6.50. The molecule has 1 aliphatic heterocycles. The number of thiocarbonyl (C=S) groups is 1. The minimum Gasteiger partial charge on any atom is -0.454 e. The molecule has 0 saturated heterocycles. The van der Waals surface area contributed by atoms with Gasteiger partial charge in [-0.15, -0.1) is 0 Å². The van der Waals surface area contributed by atoms with Crippen molar-refractivity contribution in [2.24, 2.45) is 0 Å². The Balaban J connectivity index is 1.44. The maximum absolute atomic E-state index is 13.8. The molecule has 0 aliphatic carbocycles. The average molecular weight is 442 g/mol. The van der Waals surface area contributed by atoms with E-state index in [0.29, 0.717) is 17.2 Å². The molecule has 156 valence electrons. The minimum atomic E-state index is -2.21. The first kappa shape index (κ1) is 19.9. The van der Waals surface area contributed by atoms with Crippen molar-refractivity contribution in [1.29, 1.82) is 0 Å². The quantitative estimate of drug-likeness (QED) is 0.274. The first-order chi connectivity index (χ1) is 14.3. The Morgan fingerprint density at radius 2 is 1.60 bits per heavy atom. The first-order valence-electron chi connectivity index (χ1n) is 8.35. The van der Waals surface area contributed by atoms with Crippen LogP contribution in [-0.2, 0) is 6.54 Å². The molecule has 0 spiro atoms. The summed E-state index contributed by atoms with van der Waals surface area (Å²) in [5.41, 5.74) is -0.389. The van der Waals surface area contributed by atoms with Gasteiger partial charge in [-0.3, -0.25) is 4.68 Å². The molecule has 2 N–H and O–H groups in total. The SMILES string of the molecule is Fc1c(F)c(F)c(Cn2ccc(NC(=S)Nc3ccc4c(c3)OCO4)n2)c(F)c1F. The molecule has 0 fully saturated rings. The van der Waals surface area contributed by atoms with E-state index in [1.807, 2.05) is 0 Å². The second-order valence-electron chi connectivity index (χ2n) is 6.09. The summed E-state index contributed by atoms with van der Waals surface area (Å²) in [4.78, 5) is 0. The fraction of sp³-hybridized carbons (Fsp3) is 0.111. The van der Waals surface area contributed by atoms with Gasteiger partial charge in [0.15, 0.2) is 45.7 Å². The fourth-order valence-corrected chi connectivity index (χ4v) is 2.94. The van der Waals surface area contributed by atoms with Gasteiger partial charge in [-0.25, -0.2) is 22.0 Å². The summed E-state index contributed by atoms with van der Waals surface area (Å²) >= 11 is 5.17. The molecule has 0 saturated carbocycles. The zero-order valence-corrected chi connectivity index (χ0v) is 15.6. The Bertz CT molecular complexity index is 1120. The van der Waals surface area contributed by atoms with Crippen LogP contribution >= 0.6 is 12.2 Å². The summed E-state index contributed by atoms with van der Waals surface area (Å²) in [6.45, 7) is -0.544. The molecule has 0 unspecified atom stereocenters. The summed E-state index contributed by atoms with van der Waals surface area (Å²) < 4.78 is 78.9. The highest BCUT2D eigenvalue weighted by atomic mass is 32.1. The van der Waals surface area contributed by atoms with Gasteiger partial charge in [0, 0.05) is 24.0 Å². The molecule has 2 heterocycles. The third-order valence-electron chi connectivity index (χ3n) is 4.13. The van der Waals surface area contributed by atoms with Crippen molar-refractivity contribution >= 4 is 28.8 Å². The number of halogens is 5. The Kier molecular flexibility index (Phi) is 5.16. The number of anilines is 2. The molecule has 4 rings (SSSR count). The number of hydrogen-bond acceptors (Lipinski definition) is 4. The predicted molar refractivity (Wildman–Crippen MR) is 100.0 cm³/mol. The van der Waals surface area contributed by atoms with Crippen LogP contribution in [0.4, 0.5) is 33.5 Å². The normalized spacial score (nSPS) is 12.2. The van der Waals surface area contributed by atoms with E-state index in [-0.39, 0.29) is 17.7 Å². The Hall–Kier alpha value is -3.41. The average Bonchev–Trinajstić information content (AvgIpc) is 3.37. The van der Waals surface area contributed by atoms with E-state index in [0.717, 1.165) is 4.68 Å². The van der Waals surface area contributed by atoms with Crippen molar-refractivity contribution in [3.63, 3.8) is 0 Å². The van der Waals surface area contributed by atoms with E-state index < -0.39 is 41.2 Å². The summed E-state index contributed by atoms with van der Waals surface area (Å²) in [6.07, 6.45) is 1.30. The Labute approximate surface area is 171 Å². The van der Waals surface area contributed by atoms with Crippen LogP contribution < -0.4 is 20.1 Å². The smallest absolute Gasteiger partial charge is 0.231 e. The Morgan fingerprint density at radius 1 is 0.933 bits per heavy atom. The molecule has 1 aliphatic rings. The van der Waals surface area contributed by atoms with Gasteiger partial charge >= 0.3 is 0 Å². The third-order valence-corrected chi connectivity index (χ3v) is 4.34. The number of nitrogens with one attached hydrogen (secondary N) is 2. The summed E-state index contributed by atoms with van der Waals surface area (Å²) in [7, 11) is 0. The van der Waals surface area contributed by atoms with Crippen molar-refractivity contribution in [3.05, 3.63) is 65.1 Å². The van der Waals surface area contributed by atoms with Gasteiger partial charge in [-0.05, 0) is 24.4 Å². The van der Waals surface area contributed by atoms with E-state index in [1.54, 1.807) is 18.2 Å². The van der Waals surface area contributed by atoms with Gasteiger partial charge in [-0.1, -0.05) is 0 Å². The second kappa shape index (κ2) is 7.78. The molecule has 0 bridgehead atoms. The van der Waals surface area contributed by atoms with Crippen LogP contribution in [0.2, 0.25) is 0 Å². The first-order valence-corrected chi connectivity index (χ1v) is 8.75. The number of benzene rings is 2. The lowest BCUT2D eigenvalue weighted by Crippen LogP contribution is -2.19. The van der Waals surface area contributed by atoms with E-state index in [1.165, 1.54) is 12.3 Å². The number of ether oxygens (including phenoxy) is 2. The lowest BCUT2D eigenvalue weighted by molar-refractivity contribution is 0.174. The molecular weight excluding hydrogens is 431 g/mol. The minimum absolute atomic E-state index is 0.127. The summed E-state index contributed by atoms with van der Waals surface area (Å²) in [5, 5.41) is 9.76. The molecule has 30 heavy (non-hydrogen) atoms. The third kappa shape index (κ3) is 3.73. The lowest BCUT2D eigenvalue weighted by Gasteiger charge is -2.10. The van der Waals surface area contributed by atoms with Gasteiger partial charge in [0.1, 0.15) is 0 Å². The number of aromatic nitrogens is 2. The van der Waals surface area contributed by atoms with E-state index in [2.05, 4.69) is 15.7 Å². The number of nitrogens with zero attached hydrogens (tertiary/aromatic N) is 2. The van der Waals surface area contributed by atoms with Crippen molar-refractivity contribution in [2.75, 3.05) is 17.4 Å². The van der Waals surface area contributed by atoms with Gasteiger partial charge < -0.3 is 20.1 Å². The number of fused-ring (bicyclic) bond motifs is 1. The van der Waals surface area contributed by atoms with E-state index in [4.69, 9.17) is 21.7 Å². The van der Waals surface area contributed by atoms with E-state index >= 15 is 0 Å². The Morgan fingerprint density at radius 3 is 2.33 bits per heavy atom. The van der Waals surface area contributed by atoms with Crippen LogP contribution in [0.25, 0.3) is 0 Å². The highest BCUT2D eigenvalue weighted by Crippen LogP contribution is 2.34. The summed E-state index contributed by atoms with van der Waals surface area (Å²) in [6, 6.07) is 6.51. The molecule has 0 amide bonds. The largest absolute Gasteiger partial charge is 0.454 e. The molecular formula is C18H11F5N4O2S. The van der Waals surface area contributed by atoms with Gasteiger partial charge in [0.25, 0.3) is 0 Å². The molecule has 12 heteroatoms. The van der Waals surface area contributed by atoms with Gasteiger partial charge in [0.05, 0.1) is 12.1 Å². The van der Waals surface area contributed by atoms with E-state index in [9.17, 15) is 22.0 Å². The maximum Gasteiger partial charge on any atom is 0.231 e. The summed E-state index contributed by atoms with van der Waals surface area (Å²) in [5.74, 6) is -8.70. The fourth-order valence-electron chi connectivity index (χ4n) is 2.72. The highest BCUT2D eigenvalue weighted by Gasteiger charge is 2.26. The lowest BCUT2D eigenvalue weighted by atomic mass is 10.1. The van der Waals surface area contributed by atoms with Crippen LogP contribution in [0.1, 0.15) is 5.56 Å². The van der Waals surface area contributed by atoms with Gasteiger partial charge in [0.2, 0.25) is 12.6 Å². The zero-order valence-electron chi connectivity index (χ0n) is 14.8. The predicted octanol–water partition coefficient (Wildman–Crippen LogP) is 4.16. The van der Waals surface area contributed by atoms with Crippen LogP contribution in [0, 0.1) is 29.1 Å². The molecule has 3 aromatic rings. The van der Waals surface area contributed by atoms with Crippen molar-refractivity contribution in [2.45, 2.75) is 6.54 Å². The molecule has 6 nitrogen and oxygen atoms in total. The molecule has 0 atom stereocenters. The number of hydrogen-bond donors (Lipinski definition) is 2. The highest BCUT2D eigenvalue weighted by molar-refractivity contribution is 7.80. The molecule has 2 aromatic carbocycles. The van der Waals surface area contributed by atoms with Crippen LogP contribution in [-0.4, -0.2) is 21.7 Å². The van der Waals surface area contributed by atoms with Crippen LogP contribution in [0.5, 0.6) is 11.5 Å². The monoisotopic (exact) mass is 442 g/mol. The van der Waals surface area contributed by atoms with Gasteiger partial charge in [-0.2, -0.15) is 5.10 Å². The van der Waals surface area contributed by atoms with Crippen LogP contribution in [0.3, 0.4) is 0 Å². The van der Waals surface area contributed by atoms with Crippen molar-refractivity contribution in [1.82, 2.24) is 9.78 Å². The standard InChI is InChI=1S/C18H11F5N4O2S/c19-13-9(14(20)16(22)17(23)15(13)21)6-27-4-3-12(26-27)25-18(30)24-8-1-2-10-11(5-8)29-7-28-10/h1-5H,6-7H2,(H2,24,25,26,30).